The number of aryl methyl sites for hydroxylation is 2. The molecule has 0 spiro atoms. The Morgan fingerprint density at radius 2 is 2.22 bits per heavy atom. The molecule has 2 heterocycles. The quantitative estimate of drug-likeness (QED) is 0.802. The fraction of sp³-hybridized carbons (Fsp3) is 0.188. The molecule has 3 aromatic rings. The third kappa shape index (κ3) is 3.13. The number of nitrogens with zero attached hydrogens (tertiary/aromatic N) is 3. The van der Waals surface area contributed by atoms with Crippen LogP contribution < -0.4 is 5.32 Å². The summed E-state index contributed by atoms with van der Waals surface area (Å²) in [6.45, 7) is 1.73. The Hall–Kier alpha value is -2.96. The first kappa shape index (κ1) is 15.0. The molecule has 1 aromatic carbocycles. The highest BCUT2D eigenvalue weighted by Gasteiger charge is 2.23. The summed E-state index contributed by atoms with van der Waals surface area (Å²) in [5, 5.41) is 6.51. The number of hydrogen-bond donors (Lipinski definition) is 1. The van der Waals surface area contributed by atoms with E-state index in [9.17, 15) is 9.18 Å². The van der Waals surface area contributed by atoms with E-state index >= 15 is 0 Å². The largest absolute Gasteiger partial charge is 0.351 e. The van der Waals surface area contributed by atoms with E-state index in [0.717, 1.165) is 0 Å². The van der Waals surface area contributed by atoms with Crippen molar-refractivity contribution in [3.05, 3.63) is 71.4 Å². The van der Waals surface area contributed by atoms with Crippen molar-refractivity contribution in [1.82, 2.24) is 20.0 Å². The molecule has 7 heteroatoms. The number of aromatic nitrogens is 3. The molecule has 6 nitrogen and oxygen atoms in total. The van der Waals surface area contributed by atoms with Crippen molar-refractivity contribution < 1.29 is 13.7 Å². The van der Waals surface area contributed by atoms with Crippen molar-refractivity contribution in [2.24, 2.45) is 7.05 Å². The zero-order valence-corrected chi connectivity index (χ0v) is 12.7. The first-order valence-electron chi connectivity index (χ1n) is 7.01. The Morgan fingerprint density at radius 3 is 2.83 bits per heavy atom. The molecule has 23 heavy (non-hydrogen) atoms. The highest BCUT2D eigenvalue weighted by Crippen LogP contribution is 2.22. The Kier molecular flexibility index (Phi) is 3.92. The summed E-state index contributed by atoms with van der Waals surface area (Å²) in [7, 11) is 1.80. The number of nitrogens with one attached hydrogen (secondary N) is 1. The molecule has 0 fully saturated rings. The van der Waals surface area contributed by atoms with E-state index in [4.69, 9.17) is 4.52 Å². The molecular formula is C16H15FN4O2. The van der Waals surface area contributed by atoms with Gasteiger partial charge in [-0.2, -0.15) is 0 Å². The van der Waals surface area contributed by atoms with Gasteiger partial charge in [-0.3, -0.25) is 4.79 Å². The molecular weight excluding hydrogens is 299 g/mol. The van der Waals surface area contributed by atoms with Gasteiger partial charge in [-0.25, -0.2) is 9.37 Å². The number of benzene rings is 1. The van der Waals surface area contributed by atoms with Crippen LogP contribution in [-0.4, -0.2) is 20.6 Å². The second kappa shape index (κ2) is 6.04. The van der Waals surface area contributed by atoms with Crippen LogP contribution in [0.5, 0.6) is 0 Å². The highest BCUT2D eigenvalue weighted by molar-refractivity contribution is 5.91. The van der Waals surface area contributed by atoms with Crippen LogP contribution in [-0.2, 0) is 7.05 Å². The van der Waals surface area contributed by atoms with Crippen LogP contribution >= 0.6 is 0 Å². The van der Waals surface area contributed by atoms with Crippen molar-refractivity contribution in [2.75, 3.05) is 0 Å². The van der Waals surface area contributed by atoms with Crippen LogP contribution in [0.4, 0.5) is 4.39 Å². The number of hydrogen-bond acceptors (Lipinski definition) is 4. The molecule has 0 aliphatic heterocycles. The number of imidazole rings is 1. The highest BCUT2D eigenvalue weighted by atomic mass is 19.1. The van der Waals surface area contributed by atoms with Gasteiger partial charge >= 0.3 is 0 Å². The van der Waals surface area contributed by atoms with Crippen molar-refractivity contribution in [1.29, 1.82) is 0 Å². The summed E-state index contributed by atoms with van der Waals surface area (Å²) in [6.07, 6.45) is 3.37. The van der Waals surface area contributed by atoms with Crippen LogP contribution in [0.1, 0.15) is 33.7 Å². The van der Waals surface area contributed by atoms with E-state index in [-0.39, 0.29) is 11.6 Å². The molecule has 1 atom stereocenters. The first-order chi connectivity index (χ1) is 11.0. The summed E-state index contributed by atoms with van der Waals surface area (Å²) in [6, 6.07) is 6.96. The van der Waals surface area contributed by atoms with Crippen LogP contribution in [0.3, 0.4) is 0 Å². The molecule has 0 aliphatic carbocycles. The smallest absolute Gasteiger partial charge is 0.290 e. The molecule has 0 aliphatic rings. The number of carbonyl (C=O) groups is 1. The Morgan fingerprint density at radius 1 is 1.39 bits per heavy atom. The summed E-state index contributed by atoms with van der Waals surface area (Å²) >= 11 is 0. The molecule has 1 N–H and O–H groups in total. The maximum atomic E-state index is 13.6. The van der Waals surface area contributed by atoms with E-state index in [1.54, 1.807) is 43.1 Å². The maximum absolute atomic E-state index is 13.6. The molecule has 3 rings (SSSR count). The Labute approximate surface area is 131 Å². The predicted molar refractivity (Wildman–Crippen MR) is 80.2 cm³/mol. The van der Waals surface area contributed by atoms with Crippen LogP contribution in [0.2, 0.25) is 0 Å². The van der Waals surface area contributed by atoms with E-state index in [1.165, 1.54) is 18.2 Å². The average Bonchev–Trinajstić information content (AvgIpc) is 3.13. The molecule has 1 amide bonds. The molecule has 0 radical (unpaired) electrons. The van der Waals surface area contributed by atoms with E-state index in [2.05, 4.69) is 15.5 Å². The molecule has 2 aromatic heterocycles. The minimum atomic E-state index is -0.608. The van der Waals surface area contributed by atoms with Crippen LogP contribution in [0.15, 0.2) is 47.2 Å². The number of halogens is 1. The van der Waals surface area contributed by atoms with Gasteiger partial charge < -0.3 is 14.4 Å². The minimum Gasteiger partial charge on any atom is -0.351 e. The maximum Gasteiger partial charge on any atom is 0.290 e. The van der Waals surface area contributed by atoms with Gasteiger partial charge in [0.15, 0.2) is 0 Å². The lowest BCUT2D eigenvalue weighted by atomic mass is 10.1. The van der Waals surface area contributed by atoms with Crippen molar-refractivity contribution >= 4 is 5.91 Å². The van der Waals surface area contributed by atoms with Gasteiger partial charge in [0, 0.05) is 25.5 Å². The zero-order valence-electron chi connectivity index (χ0n) is 12.7. The van der Waals surface area contributed by atoms with Gasteiger partial charge in [-0.05, 0) is 24.6 Å². The summed E-state index contributed by atoms with van der Waals surface area (Å²) in [4.78, 5) is 16.6. The molecule has 1 unspecified atom stereocenters. The minimum absolute atomic E-state index is 0.0955. The predicted octanol–water partition coefficient (Wildman–Crippen LogP) is 2.38. The van der Waals surface area contributed by atoms with Gasteiger partial charge in [0.25, 0.3) is 5.91 Å². The van der Waals surface area contributed by atoms with E-state index in [0.29, 0.717) is 17.1 Å². The van der Waals surface area contributed by atoms with E-state index < -0.39 is 11.9 Å². The number of rotatable bonds is 4. The first-order valence-corrected chi connectivity index (χ1v) is 7.01. The summed E-state index contributed by atoms with van der Waals surface area (Å²) < 4.78 is 20.3. The Balaban J connectivity index is 1.96. The Bertz CT molecular complexity index is 840. The lowest BCUT2D eigenvalue weighted by Gasteiger charge is -2.18. The van der Waals surface area contributed by atoms with Crippen molar-refractivity contribution in [3.63, 3.8) is 0 Å². The molecule has 118 valence electrons. The fourth-order valence-electron chi connectivity index (χ4n) is 2.31. The van der Waals surface area contributed by atoms with Gasteiger partial charge in [0.2, 0.25) is 5.76 Å². The molecule has 0 bridgehead atoms. The molecule has 0 saturated heterocycles. The molecule has 0 saturated carbocycles. The summed E-state index contributed by atoms with van der Waals surface area (Å²) in [5.74, 6) is -0.146. The van der Waals surface area contributed by atoms with Gasteiger partial charge in [-0.15, -0.1) is 0 Å². The zero-order chi connectivity index (χ0) is 16.4. The average molecular weight is 314 g/mol. The third-order valence-electron chi connectivity index (χ3n) is 3.43. The second-order valence-corrected chi connectivity index (χ2v) is 5.19. The lowest BCUT2D eigenvalue weighted by molar-refractivity contribution is 0.0904. The van der Waals surface area contributed by atoms with Crippen LogP contribution in [0.25, 0.3) is 0 Å². The SMILES string of the molecule is Cc1cc(C(=O)NC(c2cccc(F)c2)c2nccn2C)on1. The normalized spacial score (nSPS) is 12.1. The topological polar surface area (TPSA) is 73.0 Å². The van der Waals surface area contributed by atoms with Gasteiger partial charge in [0.1, 0.15) is 17.7 Å². The standard InChI is InChI=1S/C16H15FN4O2/c1-10-8-13(23-20-10)16(22)19-14(15-18-6-7-21(15)2)11-4-3-5-12(17)9-11/h3-9,14H,1-2H3,(H,19,22). The van der Waals surface area contributed by atoms with Gasteiger partial charge in [0.05, 0.1) is 5.69 Å². The monoisotopic (exact) mass is 314 g/mol. The number of amides is 1. The third-order valence-corrected chi connectivity index (χ3v) is 3.43. The fourth-order valence-corrected chi connectivity index (χ4v) is 2.31. The van der Waals surface area contributed by atoms with Crippen molar-refractivity contribution in [3.8, 4) is 0 Å². The lowest BCUT2D eigenvalue weighted by Crippen LogP contribution is -2.31. The summed E-state index contributed by atoms with van der Waals surface area (Å²) in [5.41, 5.74) is 1.19. The van der Waals surface area contributed by atoms with E-state index in [1.807, 2.05) is 0 Å². The number of carbonyl (C=O) groups excluding carboxylic acids is 1. The van der Waals surface area contributed by atoms with Crippen LogP contribution in [0, 0.1) is 12.7 Å². The second-order valence-electron chi connectivity index (χ2n) is 5.19. The van der Waals surface area contributed by atoms with Gasteiger partial charge in [-0.1, -0.05) is 17.3 Å². The van der Waals surface area contributed by atoms with Crippen molar-refractivity contribution in [2.45, 2.75) is 13.0 Å².